The number of hydrogen-bond acceptors (Lipinski definition) is 5. The summed E-state index contributed by atoms with van der Waals surface area (Å²) >= 11 is 0. The molecular weight excluding hydrogens is 344 g/mol. The van der Waals surface area contributed by atoms with Gasteiger partial charge < -0.3 is 24.5 Å². The van der Waals surface area contributed by atoms with Gasteiger partial charge in [-0.15, -0.1) is 0 Å². The number of aryl methyl sites for hydroxylation is 1. The van der Waals surface area contributed by atoms with Crippen LogP contribution in [-0.2, 0) is 0 Å². The third kappa shape index (κ3) is 3.16. The van der Waals surface area contributed by atoms with Gasteiger partial charge in [0.1, 0.15) is 0 Å². The molecular formula is C21H28N2O4. The lowest BCUT2D eigenvalue weighted by atomic mass is 9.99. The first-order valence-electron chi connectivity index (χ1n) is 9.91. The van der Waals surface area contributed by atoms with E-state index in [9.17, 15) is 4.79 Å². The summed E-state index contributed by atoms with van der Waals surface area (Å²) in [6.07, 6.45) is 2.48. The van der Waals surface area contributed by atoms with Gasteiger partial charge >= 0.3 is 0 Å². The van der Waals surface area contributed by atoms with Crippen LogP contribution in [0.4, 0.5) is 0 Å². The molecule has 1 aromatic carbocycles. The Morgan fingerprint density at radius 3 is 2.63 bits per heavy atom. The molecule has 1 aromatic heterocycles. The van der Waals surface area contributed by atoms with Gasteiger partial charge in [0.05, 0.1) is 13.2 Å². The van der Waals surface area contributed by atoms with Crippen LogP contribution in [0, 0.1) is 18.8 Å². The number of carbonyl (C=O) groups excluding carboxylic acids is 1. The third-order valence-corrected chi connectivity index (χ3v) is 5.73. The summed E-state index contributed by atoms with van der Waals surface area (Å²) in [6, 6.07) is 3.87. The highest BCUT2D eigenvalue weighted by Gasteiger charge is 2.43. The van der Waals surface area contributed by atoms with Gasteiger partial charge in [0.15, 0.2) is 17.1 Å². The number of amides is 1. The number of ether oxygens (including phenoxy) is 2. The monoisotopic (exact) mass is 372 g/mol. The van der Waals surface area contributed by atoms with Crippen LogP contribution >= 0.6 is 0 Å². The highest BCUT2D eigenvalue weighted by Crippen LogP contribution is 2.42. The minimum atomic E-state index is -0.0808. The molecule has 0 radical (unpaired) electrons. The minimum absolute atomic E-state index is 0.0645. The fourth-order valence-electron chi connectivity index (χ4n) is 4.18. The van der Waals surface area contributed by atoms with Gasteiger partial charge in [-0.25, -0.2) is 0 Å². The van der Waals surface area contributed by atoms with Crippen molar-refractivity contribution in [1.29, 1.82) is 0 Å². The second-order valence-electron chi connectivity index (χ2n) is 7.57. The summed E-state index contributed by atoms with van der Waals surface area (Å²) in [6.45, 7) is 8.11. The topological polar surface area (TPSA) is 77.9 Å². The summed E-state index contributed by atoms with van der Waals surface area (Å²) in [4.78, 5) is 15.0. The molecule has 0 bridgehead atoms. The fourth-order valence-corrected chi connectivity index (χ4v) is 4.18. The van der Waals surface area contributed by atoms with Crippen LogP contribution in [0.5, 0.6) is 11.5 Å². The van der Waals surface area contributed by atoms with E-state index in [1.54, 1.807) is 0 Å². The first-order valence-corrected chi connectivity index (χ1v) is 9.91. The lowest BCUT2D eigenvalue weighted by Crippen LogP contribution is -2.32. The van der Waals surface area contributed by atoms with Gasteiger partial charge in [0, 0.05) is 30.1 Å². The summed E-state index contributed by atoms with van der Waals surface area (Å²) in [5, 5.41) is 0.882. The maximum Gasteiger partial charge on any atom is 0.289 e. The molecule has 2 heterocycles. The third-order valence-electron chi connectivity index (χ3n) is 5.73. The SMILES string of the molecule is CCOc1ccc2c(C)c(C(=O)N3C[C@H](C4CC4)[C@@H](N)C3)oc2c1OCC. The van der Waals surface area contributed by atoms with Crippen LogP contribution in [0.15, 0.2) is 16.5 Å². The van der Waals surface area contributed by atoms with Crippen molar-refractivity contribution in [3.8, 4) is 11.5 Å². The molecule has 0 spiro atoms. The van der Waals surface area contributed by atoms with E-state index in [4.69, 9.17) is 19.6 Å². The van der Waals surface area contributed by atoms with Crippen LogP contribution in [0.25, 0.3) is 11.0 Å². The molecule has 2 aliphatic rings. The number of rotatable bonds is 6. The van der Waals surface area contributed by atoms with Gasteiger partial charge in [-0.3, -0.25) is 4.79 Å². The van der Waals surface area contributed by atoms with Crippen LogP contribution in [0.2, 0.25) is 0 Å². The van der Waals surface area contributed by atoms with Crippen molar-refractivity contribution in [2.45, 2.75) is 39.7 Å². The molecule has 2 N–H and O–H groups in total. The maximum absolute atomic E-state index is 13.2. The first-order chi connectivity index (χ1) is 13.0. The summed E-state index contributed by atoms with van der Waals surface area (Å²) in [5.74, 6) is 2.60. The number of nitrogens with zero attached hydrogens (tertiary/aromatic N) is 1. The molecule has 6 nitrogen and oxygen atoms in total. The Hall–Kier alpha value is -2.21. The number of nitrogens with two attached hydrogens (primary N) is 1. The Labute approximate surface area is 159 Å². The maximum atomic E-state index is 13.2. The predicted molar refractivity (Wildman–Crippen MR) is 103 cm³/mol. The number of hydrogen-bond donors (Lipinski definition) is 1. The number of carbonyl (C=O) groups is 1. The molecule has 0 unspecified atom stereocenters. The summed E-state index contributed by atoms with van der Waals surface area (Å²) in [5.41, 5.74) is 7.71. The normalized spacial score (nSPS) is 22.4. The zero-order valence-corrected chi connectivity index (χ0v) is 16.3. The average Bonchev–Trinajstić information content (AvgIpc) is 3.34. The van der Waals surface area contributed by atoms with Crippen molar-refractivity contribution < 1.29 is 18.7 Å². The van der Waals surface area contributed by atoms with E-state index in [0.717, 1.165) is 17.5 Å². The minimum Gasteiger partial charge on any atom is -0.490 e. The zero-order chi connectivity index (χ0) is 19.1. The summed E-state index contributed by atoms with van der Waals surface area (Å²) < 4.78 is 17.5. The van der Waals surface area contributed by atoms with Crippen molar-refractivity contribution in [2.75, 3.05) is 26.3 Å². The number of likely N-dealkylation sites (tertiary alicyclic amines) is 1. The largest absolute Gasteiger partial charge is 0.490 e. The van der Waals surface area contributed by atoms with Crippen molar-refractivity contribution in [2.24, 2.45) is 17.6 Å². The van der Waals surface area contributed by atoms with E-state index in [1.165, 1.54) is 12.8 Å². The molecule has 1 saturated carbocycles. The lowest BCUT2D eigenvalue weighted by Gasteiger charge is -2.15. The zero-order valence-electron chi connectivity index (χ0n) is 16.3. The molecule has 1 aliphatic heterocycles. The quantitative estimate of drug-likeness (QED) is 0.841. The summed E-state index contributed by atoms with van der Waals surface area (Å²) in [7, 11) is 0. The second-order valence-corrected chi connectivity index (χ2v) is 7.57. The lowest BCUT2D eigenvalue weighted by molar-refractivity contribution is 0.0754. The van der Waals surface area contributed by atoms with E-state index >= 15 is 0 Å². The van der Waals surface area contributed by atoms with Crippen molar-refractivity contribution in [3.05, 3.63) is 23.5 Å². The highest BCUT2D eigenvalue weighted by molar-refractivity contribution is 6.01. The van der Waals surface area contributed by atoms with Crippen molar-refractivity contribution in [3.63, 3.8) is 0 Å². The van der Waals surface area contributed by atoms with E-state index in [1.807, 2.05) is 37.8 Å². The Kier molecular flexibility index (Phi) is 4.76. The van der Waals surface area contributed by atoms with Gasteiger partial charge in [-0.05, 0) is 57.6 Å². The molecule has 2 aromatic rings. The molecule has 1 aliphatic carbocycles. The molecule has 6 heteroatoms. The van der Waals surface area contributed by atoms with Gasteiger partial charge in [-0.1, -0.05) is 0 Å². The van der Waals surface area contributed by atoms with E-state index < -0.39 is 0 Å². The van der Waals surface area contributed by atoms with E-state index in [-0.39, 0.29) is 11.9 Å². The van der Waals surface area contributed by atoms with Crippen LogP contribution in [0.1, 0.15) is 42.8 Å². The van der Waals surface area contributed by atoms with Crippen LogP contribution in [0.3, 0.4) is 0 Å². The standard InChI is InChI=1S/C21H28N2O4/c1-4-25-17-9-8-14-12(3)18(27-19(14)20(17)26-5-2)21(24)23-10-15(13-6-7-13)16(22)11-23/h8-9,13,15-16H,4-7,10-11,22H2,1-3H3/t15-,16+/m1/s1. The predicted octanol–water partition coefficient (Wildman–Crippen LogP) is 3.35. The molecule has 2 fully saturated rings. The molecule has 1 amide bonds. The second kappa shape index (κ2) is 7.08. The van der Waals surface area contributed by atoms with Crippen molar-refractivity contribution in [1.82, 2.24) is 4.90 Å². The Morgan fingerprint density at radius 1 is 1.22 bits per heavy atom. The van der Waals surface area contributed by atoms with Gasteiger partial charge in [-0.2, -0.15) is 0 Å². The molecule has 146 valence electrons. The molecule has 2 atom stereocenters. The Balaban J connectivity index is 1.68. The van der Waals surface area contributed by atoms with Crippen LogP contribution < -0.4 is 15.2 Å². The Morgan fingerprint density at radius 2 is 1.96 bits per heavy atom. The fraction of sp³-hybridized carbons (Fsp3) is 0.571. The number of furan rings is 1. The van der Waals surface area contributed by atoms with E-state index in [2.05, 4.69) is 0 Å². The Bertz CT molecular complexity index is 855. The van der Waals surface area contributed by atoms with E-state index in [0.29, 0.717) is 54.4 Å². The van der Waals surface area contributed by atoms with Gasteiger partial charge in [0.25, 0.3) is 5.91 Å². The first kappa shape index (κ1) is 18.2. The number of fused-ring (bicyclic) bond motifs is 1. The van der Waals surface area contributed by atoms with Crippen molar-refractivity contribution >= 4 is 16.9 Å². The highest BCUT2D eigenvalue weighted by atomic mass is 16.5. The molecule has 1 saturated heterocycles. The van der Waals surface area contributed by atoms with Crippen LogP contribution in [-0.4, -0.2) is 43.2 Å². The smallest absolute Gasteiger partial charge is 0.289 e. The molecule has 4 rings (SSSR count). The molecule has 27 heavy (non-hydrogen) atoms. The average molecular weight is 372 g/mol. The van der Waals surface area contributed by atoms with Gasteiger partial charge in [0.2, 0.25) is 5.75 Å². The number of benzene rings is 1.